The largest absolute Gasteiger partial charge is 0.481 e. The summed E-state index contributed by atoms with van der Waals surface area (Å²) < 4.78 is 0. The molecule has 0 aliphatic carbocycles. The van der Waals surface area contributed by atoms with Crippen LogP contribution in [0, 0.1) is 6.92 Å². The van der Waals surface area contributed by atoms with Crippen molar-refractivity contribution in [2.45, 2.75) is 19.8 Å². The van der Waals surface area contributed by atoms with Gasteiger partial charge in [-0.05, 0) is 18.1 Å². The molecule has 1 aromatic rings. The maximum absolute atomic E-state index is 11.3. The van der Waals surface area contributed by atoms with Crippen molar-refractivity contribution in [3.63, 3.8) is 0 Å². The minimum atomic E-state index is -0.877. The smallest absolute Gasteiger partial charge is 0.307 e. The van der Waals surface area contributed by atoms with Crippen molar-refractivity contribution in [2.24, 2.45) is 0 Å². The first kappa shape index (κ1) is 12.9. The monoisotopic (exact) mass is 284 g/mol. The van der Waals surface area contributed by atoms with E-state index in [1.165, 1.54) is 0 Å². The zero-order valence-electron chi connectivity index (χ0n) is 9.00. The number of benzene rings is 1. The van der Waals surface area contributed by atoms with Crippen molar-refractivity contribution < 1.29 is 14.7 Å². The average molecular weight is 285 g/mol. The van der Waals surface area contributed by atoms with E-state index in [1.54, 1.807) is 0 Å². The molecule has 1 rings (SSSR count). The Morgan fingerprint density at radius 1 is 1.25 bits per heavy atom. The zero-order chi connectivity index (χ0) is 12.1. The molecule has 0 aromatic heterocycles. The van der Waals surface area contributed by atoms with E-state index in [9.17, 15) is 9.59 Å². The Morgan fingerprint density at radius 3 is 2.50 bits per heavy atom. The number of hydrogen-bond donors (Lipinski definition) is 1. The van der Waals surface area contributed by atoms with Gasteiger partial charge in [0.05, 0.1) is 11.8 Å². The van der Waals surface area contributed by atoms with Gasteiger partial charge in [0.15, 0.2) is 0 Å². The number of aliphatic carboxylic acids is 1. The molecule has 16 heavy (non-hydrogen) atoms. The Kier molecular flexibility index (Phi) is 4.68. The molecule has 0 aliphatic heterocycles. The molecule has 0 saturated carbocycles. The van der Waals surface area contributed by atoms with E-state index < -0.39 is 5.97 Å². The third kappa shape index (κ3) is 3.77. The lowest BCUT2D eigenvalue weighted by molar-refractivity contribution is -0.136. The number of carboxylic acids is 1. The van der Waals surface area contributed by atoms with Gasteiger partial charge in [0, 0.05) is 6.42 Å². The topological polar surface area (TPSA) is 54.4 Å². The number of carbonyl (C=O) groups excluding carboxylic acids is 1. The van der Waals surface area contributed by atoms with Crippen LogP contribution in [0.1, 0.15) is 16.7 Å². The molecule has 0 radical (unpaired) electrons. The normalized spacial score (nSPS) is 10.1. The zero-order valence-corrected chi connectivity index (χ0v) is 10.6. The second-order valence-corrected chi connectivity index (χ2v) is 4.25. The summed E-state index contributed by atoms with van der Waals surface area (Å²) in [6.07, 6.45) is 0.251. The molecule has 1 N–H and O–H groups in total. The number of Topliss-reactive ketones (excluding diaryl/α,β-unsaturated/α-hetero) is 1. The third-order valence-corrected chi connectivity index (χ3v) is 2.87. The quantitative estimate of drug-likeness (QED) is 0.843. The van der Waals surface area contributed by atoms with E-state index in [4.69, 9.17) is 5.11 Å². The van der Waals surface area contributed by atoms with Gasteiger partial charge in [0.25, 0.3) is 0 Å². The van der Waals surface area contributed by atoms with Gasteiger partial charge in [-0.3, -0.25) is 9.59 Å². The lowest BCUT2D eigenvalue weighted by Crippen LogP contribution is -2.09. The summed E-state index contributed by atoms with van der Waals surface area (Å²) in [5.41, 5.74) is 2.53. The van der Waals surface area contributed by atoms with Crippen molar-refractivity contribution in [3.8, 4) is 0 Å². The highest BCUT2D eigenvalue weighted by Crippen LogP contribution is 2.14. The molecule has 3 nitrogen and oxygen atoms in total. The summed E-state index contributed by atoms with van der Waals surface area (Å²) in [6, 6.07) is 5.54. The predicted octanol–water partition coefficient (Wildman–Crippen LogP) is 2.13. The van der Waals surface area contributed by atoms with Gasteiger partial charge in [-0.25, -0.2) is 0 Å². The van der Waals surface area contributed by atoms with Gasteiger partial charge >= 0.3 is 5.97 Å². The van der Waals surface area contributed by atoms with Gasteiger partial charge in [0.1, 0.15) is 5.78 Å². The highest BCUT2D eigenvalue weighted by molar-refractivity contribution is 9.09. The Bertz CT molecular complexity index is 413. The SMILES string of the molecule is Cc1ccc(CC(=O)CBr)c(CC(=O)O)c1. The molecule has 0 bridgehead atoms. The summed E-state index contributed by atoms with van der Waals surface area (Å²) in [6.45, 7) is 1.90. The summed E-state index contributed by atoms with van der Waals surface area (Å²) in [5.74, 6) is -0.825. The lowest BCUT2D eigenvalue weighted by atomic mass is 9.98. The molecule has 0 spiro atoms. The van der Waals surface area contributed by atoms with Crippen LogP contribution in [0.5, 0.6) is 0 Å². The Balaban J connectivity index is 2.97. The molecule has 0 amide bonds. The van der Waals surface area contributed by atoms with Crippen molar-refractivity contribution >= 4 is 27.7 Å². The number of ketones is 1. The number of halogens is 1. The van der Waals surface area contributed by atoms with E-state index in [-0.39, 0.29) is 18.6 Å². The number of alkyl halides is 1. The molecular weight excluding hydrogens is 272 g/mol. The minimum Gasteiger partial charge on any atom is -0.481 e. The van der Waals surface area contributed by atoms with Crippen molar-refractivity contribution in [1.29, 1.82) is 0 Å². The van der Waals surface area contributed by atoms with Crippen LogP contribution in [0.3, 0.4) is 0 Å². The van der Waals surface area contributed by atoms with Crippen molar-refractivity contribution in [1.82, 2.24) is 0 Å². The standard InChI is InChI=1S/C12H13BrO3/c1-8-2-3-9(5-11(14)7-13)10(4-8)6-12(15)16/h2-4H,5-7H2,1H3,(H,15,16). The van der Waals surface area contributed by atoms with Crippen molar-refractivity contribution in [2.75, 3.05) is 5.33 Å². The number of carbonyl (C=O) groups is 2. The van der Waals surface area contributed by atoms with Crippen LogP contribution < -0.4 is 0 Å². The fourth-order valence-electron chi connectivity index (χ4n) is 1.51. The minimum absolute atomic E-state index is 0.0351. The molecule has 0 unspecified atom stereocenters. The van der Waals surface area contributed by atoms with Crippen LogP contribution in [-0.4, -0.2) is 22.2 Å². The van der Waals surface area contributed by atoms with E-state index in [1.807, 2.05) is 25.1 Å². The highest BCUT2D eigenvalue weighted by Gasteiger charge is 2.10. The molecule has 1 aromatic carbocycles. The molecule has 86 valence electrons. The van der Waals surface area contributed by atoms with Gasteiger partial charge in [-0.2, -0.15) is 0 Å². The first-order valence-corrected chi connectivity index (χ1v) is 6.03. The average Bonchev–Trinajstić information content (AvgIpc) is 2.21. The number of carboxylic acid groups (broad SMARTS) is 1. The van der Waals surface area contributed by atoms with Gasteiger partial charge in [-0.15, -0.1) is 0 Å². The summed E-state index contributed by atoms with van der Waals surface area (Å²) >= 11 is 3.10. The fraction of sp³-hybridized carbons (Fsp3) is 0.333. The van der Waals surface area contributed by atoms with Gasteiger partial charge in [0.2, 0.25) is 0 Å². The Hall–Kier alpha value is -1.16. The maximum Gasteiger partial charge on any atom is 0.307 e. The van der Waals surface area contributed by atoms with Crippen LogP contribution >= 0.6 is 15.9 Å². The fourth-order valence-corrected chi connectivity index (χ4v) is 1.71. The maximum atomic E-state index is 11.3. The van der Waals surface area contributed by atoms with Crippen LogP contribution in [0.4, 0.5) is 0 Å². The predicted molar refractivity (Wildman–Crippen MR) is 65.0 cm³/mol. The first-order valence-electron chi connectivity index (χ1n) is 4.90. The van der Waals surface area contributed by atoms with Crippen LogP contribution in [0.25, 0.3) is 0 Å². The van der Waals surface area contributed by atoms with Crippen LogP contribution in [0.15, 0.2) is 18.2 Å². The summed E-state index contributed by atoms with van der Waals surface area (Å²) in [7, 11) is 0. The number of hydrogen-bond acceptors (Lipinski definition) is 2. The molecule has 0 atom stereocenters. The van der Waals surface area contributed by atoms with E-state index in [0.29, 0.717) is 5.33 Å². The van der Waals surface area contributed by atoms with Gasteiger partial charge in [-0.1, -0.05) is 39.7 Å². The Labute approximate surface area is 103 Å². The third-order valence-electron chi connectivity index (χ3n) is 2.24. The number of aryl methyl sites for hydroxylation is 1. The first-order chi connectivity index (χ1) is 7.52. The van der Waals surface area contributed by atoms with Crippen LogP contribution in [-0.2, 0) is 22.4 Å². The van der Waals surface area contributed by atoms with Crippen LogP contribution in [0.2, 0.25) is 0 Å². The van der Waals surface area contributed by atoms with Gasteiger partial charge < -0.3 is 5.11 Å². The summed E-state index contributed by atoms with van der Waals surface area (Å²) in [5, 5.41) is 9.08. The second-order valence-electron chi connectivity index (χ2n) is 3.69. The lowest BCUT2D eigenvalue weighted by Gasteiger charge is -2.07. The molecule has 0 saturated heterocycles. The van der Waals surface area contributed by atoms with E-state index >= 15 is 0 Å². The molecule has 0 aliphatic rings. The highest BCUT2D eigenvalue weighted by atomic mass is 79.9. The number of rotatable bonds is 5. The summed E-state index contributed by atoms with van der Waals surface area (Å²) in [4.78, 5) is 22.0. The Morgan fingerprint density at radius 2 is 1.94 bits per heavy atom. The molecule has 0 fully saturated rings. The van der Waals surface area contributed by atoms with Crippen molar-refractivity contribution in [3.05, 3.63) is 34.9 Å². The molecular formula is C12H13BrO3. The molecule has 0 heterocycles. The van der Waals surface area contributed by atoms with E-state index in [0.717, 1.165) is 16.7 Å². The van der Waals surface area contributed by atoms with E-state index in [2.05, 4.69) is 15.9 Å². The molecule has 4 heteroatoms. The second kappa shape index (κ2) is 5.80.